The molecule has 2 unspecified atom stereocenters. The highest BCUT2D eigenvalue weighted by molar-refractivity contribution is 7.80. The number of phenols is 1. The van der Waals surface area contributed by atoms with Crippen molar-refractivity contribution in [2.45, 2.75) is 77.6 Å². The fourth-order valence-corrected chi connectivity index (χ4v) is 4.82. The van der Waals surface area contributed by atoms with Crippen molar-refractivity contribution in [1.82, 2.24) is 10.2 Å². The number of phenolic OH excluding ortho intramolecular Hbond substituents is 1. The topological polar surface area (TPSA) is 108 Å². The van der Waals surface area contributed by atoms with Crippen LogP contribution in [0.15, 0.2) is 36.4 Å². The number of aromatic hydroxyl groups is 1. The first-order valence-corrected chi connectivity index (χ1v) is 13.6. The molecular formula is C28H36ClN3O5S. The summed E-state index contributed by atoms with van der Waals surface area (Å²) in [6, 6.07) is 7.82. The molecule has 3 N–H and O–H groups in total. The van der Waals surface area contributed by atoms with E-state index in [1.165, 1.54) is 4.90 Å². The van der Waals surface area contributed by atoms with Gasteiger partial charge < -0.3 is 25.4 Å². The van der Waals surface area contributed by atoms with Gasteiger partial charge in [-0.1, -0.05) is 41.9 Å². The predicted molar refractivity (Wildman–Crippen MR) is 152 cm³/mol. The van der Waals surface area contributed by atoms with Gasteiger partial charge in [-0.05, 0) is 71.1 Å². The molecule has 1 fully saturated rings. The zero-order valence-corrected chi connectivity index (χ0v) is 24.0. The van der Waals surface area contributed by atoms with Crippen LogP contribution in [0.5, 0.6) is 5.75 Å². The number of benzene rings is 2. The Bertz CT molecular complexity index is 1180. The standard InChI is InChI=1S/C28H36ClN3O5S/c1-16-9-7-14-20(29)22(16)31-25(34)23(19-13-6-10-17(2)24(19)33)32(18-11-8-12-18)26(35)21(15-38)30-27(36)37-28(3,4)5/h6-7,9-10,13-14,18,21,23,33,38H,8,11-12,15H2,1-5H3,(H,30,36)(H,31,34). The van der Waals surface area contributed by atoms with Gasteiger partial charge >= 0.3 is 6.09 Å². The third kappa shape index (κ3) is 6.94. The Hall–Kier alpha value is -2.91. The van der Waals surface area contributed by atoms with Gasteiger partial charge in [0.2, 0.25) is 5.91 Å². The number of hydrogen-bond donors (Lipinski definition) is 4. The highest BCUT2D eigenvalue weighted by atomic mass is 35.5. The van der Waals surface area contributed by atoms with Gasteiger partial charge in [0.25, 0.3) is 5.91 Å². The van der Waals surface area contributed by atoms with Crippen molar-refractivity contribution < 1.29 is 24.2 Å². The molecule has 38 heavy (non-hydrogen) atoms. The van der Waals surface area contributed by atoms with Crippen LogP contribution in [0.1, 0.15) is 62.8 Å². The van der Waals surface area contributed by atoms with E-state index in [0.29, 0.717) is 29.1 Å². The first-order valence-electron chi connectivity index (χ1n) is 12.6. The summed E-state index contributed by atoms with van der Waals surface area (Å²) >= 11 is 10.7. The number of carbonyl (C=O) groups excluding carboxylic acids is 3. The van der Waals surface area contributed by atoms with Crippen LogP contribution < -0.4 is 10.6 Å². The van der Waals surface area contributed by atoms with E-state index in [9.17, 15) is 19.5 Å². The number of thiol groups is 1. The summed E-state index contributed by atoms with van der Waals surface area (Å²) in [6.45, 7) is 8.71. The van der Waals surface area contributed by atoms with E-state index in [2.05, 4.69) is 23.3 Å². The minimum Gasteiger partial charge on any atom is -0.507 e. The molecule has 3 rings (SSSR count). The molecule has 1 aliphatic rings. The SMILES string of the molecule is Cc1cccc(C(C(=O)Nc2c(C)cccc2Cl)N(C(=O)C(CS)NC(=O)OC(C)(C)C)C2CCC2)c1O. The number of nitrogens with zero attached hydrogens (tertiary/aromatic N) is 1. The minimum atomic E-state index is -1.19. The average Bonchev–Trinajstić information content (AvgIpc) is 2.79. The molecule has 0 bridgehead atoms. The fraction of sp³-hybridized carbons (Fsp3) is 0.464. The molecule has 8 nitrogen and oxygen atoms in total. The molecule has 10 heteroatoms. The zero-order chi connectivity index (χ0) is 28.2. The summed E-state index contributed by atoms with van der Waals surface area (Å²) < 4.78 is 5.34. The summed E-state index contributed by atoms with van der Waals surface area (Å²) in [4.78, 5) is 42.0. The average molecular weight is 562 g/mol. The Labute approximate surface area is 234 Å². The molecule has 2 atom stereocenters. The van der Waals surface area contributed by atoms with Crippen molar-refractivity contribution >= 4 is 47.8 Å². The Morgan fingerprint density at radius 2 is 1.76 bits per heavy atom. The maximum atomic E-state index is 14.0. The summed E-state index contributed by atoms with van der Waals surface area (Å²) in [5.74, 6) is -1.12. The van der Waals surface area contributed by atoms with Crippen LogP contribution in [0.25, 0.3) is 0 Å². The van der Waals surface area contributed by atoms with Gasteiger partial charge in [-0.25, -0.2) is 4.79 Å². The molecular weight excluding hydrogens is 526 g/mol. The number of hydrogen-bond acceptors (Lipinski definition) is 6. The molecule has 2 aromatic rings. The van der Waals surface area contributed by atoms with Crippen molar-refractivity contribution in [2.24, 2.45) is 0 Å². The lowest BCUT2D eigenvalue weighted by Crippen LogP contribution is -2.57. The highest BCUT2D eigenvalue weighted by Gasteiger charge is 2.43. The van der Waals surface area contributed by atoms with E-state index in [4.69, 9.17) is 16.3 Å². The number of alkyl carbamates (subject to hydrolysis) is 1. The monoisotopic (exact) mass is 561 g/mol. The molecule has 0 radical (unpaired) electrons. The number of aryl methyl sites for hydroxylation is 2. The lowest BCUT2D eigenvalue weighted by Gasteiger charge is -2.43. The van der Waals surface area contributed by atoms with Gasteiger partial charge in [-0.15, -0.1) is 0 Å². The molecule has 0 aliphatic heterocycles. The van der Waals surface area contributed by atoms with Crippen LogP contribution >= 0.6 is 24.2 Å². The van der Waals surface area contributed by atoms with Gasteiger partial charge in [-0.2, -0.15) is 12.6 Å². The number of rotatable bonds is 8. The molecule has 3 amide bonds. The molecule has 1 saturated carbocycles. The molecule has 0 aromatic heterocycles. The van der Waals surface area contributed by atoms with Crippen LogP contribution in [0.4, 0.5) is 10.5 Å². The number of nitrogens with one attached hydrogen (secondary N) is 2. The number of halogens is 1. The van der Waals surface area contributed by atoms with Crippen LogP contribution in [-0.2, 0) is 14.3 Å². The molecule has 0 saturated heterocycles. The number of carbonyl (C=O) groups is 3. The second kappa shape index (κ2) is 12.3. The van der Waals surface area contributed by atoms with Crippen LogP contribution in [-0.4, -0.2) is 51.4 Å². The first kappa shape index (κ1) is 29.6. The van der Waals surface area contributed by atoms with Gasteiger partial charge in [0.1, 0.15) is 23.4 Å². The van der Waals surface area contributed by atoms with Crippen LogP contribution in [0.2, 0.25) is 5.02 Å². The summed E-state index contributed by atoms with van der Waals surface area (Å²) in [5.41, 5.74) is 1.26. The van der Waals surface area contributed by atoms with Crippen molar-refractivity contribution in [3.63, 3.8) is 0 Å². The largest absolute Gasteiger partial charge is 0.507 e. The van der Waals surface area contributed by atoms with E-state index in [1.807, 2.05) is 13.0 Å². The highest BCUT2D eigenvalue weighted by Crippen LogP contribution is 2.39. The quantitative estimate of drug-likeness (QED) is 0.316. The Morgan fingerprint density at radius 1 is 1.13 bits per heavy atom. The van der Waals surface area contributed by atoms with E-state index in [-0.39, 0.29) is 23.1 Å². The third-order valence-corrected chi connectivity index (χ3v) is 7.13. The van der Waals surface area contributed by atoms with E-state index < -0.39 is 35.6 Å². The van der Waals surface area contributed by atoms with Gasteiger partial charge in [0.15, 0.2) is 0 Å². The van der Waals surface area contributed by atoms with Gasteiger partial charge in [0.05, 0.1) is 10.7 Å². The number of anilines is 1. The van der Waals surface area contributed by atoms with E-state index in [1.54, 1.807) is 58.0 Å². The second-order valence-electron chi connectivity index (χ2n) is 10.5. The van der Waals surface area contributed by atoms with Crippen molar-refractivity contribution in [2.75, 3.05) is 11.1 Å². The second-order valence-corrected chi connectivity index (χ2v) is 11.3. The summed E-state index contributed by atoms with van der Waals surface area (Å²) in [5, 5.41) is 16.9. The Morgan fingerprint density at radius 3 is 2.32 bits per heavy atom. The molecule has 0 heterocycles. The smallest absolute Gasteiger partial charge is 0.408 e. The maximum Gasteiger partial charge on any atom is 0.408 e. The number of para-hydroxylation sites is 2. The normalized spacial score (nSPS) is 15.1. The molecule has 206 valence electrons. The van der Waals surface area contributed by atoms with Crippen LogP contribution in [0, 0.1) is 13.8 Å². The lowest BCUT2D eigenvalue weighted by molar-refractivity contribution is -0.145. The van der Waals surface area contributed by atoms with Gasteiger partial charge in [0, 0.05) is 17.4 Å². The molecule has 1 aliphatic carbocycles. The van der Waals surface area contributed by atoms with Gasteiger partial charge in [-0.3, -0.25) is 9.59 Å². The van der Waals surface area contributed by atoms with E-state index >= 15 is 0 Å². The zero-order valence-electron chi connectivity index (χ0n) is 22.4. The predicted octanol–water partition coefficient (Wildman–Crippen LogP) is 5.55. The van der Waals surface area contributed by atoms with Crippen LogP contribution in [0.3, 0.4) is 0 Å². The lowest BCUT2D eigenvalue weighted by atomic mass is 9.87. The fourth-order valence-electron chi connectivity index (χ4n) is 4.30. The summed E-state index contributed by atoms with van der Waals surface area (Å²) in [7, 11) is 0. The minimum absolute atomic E-state index is 0.0148. The number of amides is 3. The molecule has 2 aromatic carbocycles. The van der Waals surface area contributed by atoms with Crippen molar-refractivity contribution in [3.05, 3.63) is 58.1 Å². The Balaban J connectivity index is 2.06. The number of ether oxygens (including phenoxy) is 1. The third-order valence-electron chi connectivity index (χ3n) is 6.45. The first-order chi connectivity index (χ1) is 17.8. The van der Waals surface area contributed by atoms with E-state index in [0.717, 1.165) is 12.0 Å². The Kier molecular flexibility index (Phi) is 9.59. The summed E-state index contributed by atoms with van der Waals surface area (Å²) in [6.07, 6.45) is 1.49. The van der Waals surface area contributed by atoms with Crippen molar-refractivity contribution in [1.29, 1.82) is 0 Å². The van der Waals surface area contributed by atoms with Crippen molar-refractivity contribution in [3.8, 4) is 5.75 Å². The maximum absolute atomic E-state index is 14.0. The molecule has 0 spiro atoms.